The first-order valence-corrected chi connectivity index (χ1v) is 13.6. The van der Waals surface area contributed by atoms with E-state index in [2.05, 4.69) is 64.1 Å². The predicted octanol–water partition coefficient (Wildman–Crippen LogP) is 8.45. The molecule has 3 rings (SSSR count). The number of benzene rings is 3. The molecule has 0 atom stereocenters. The molecule has 0 amide bonds. The average molecular weight is 517 g/mol. The molecule has 0 fully saturated rings. The van der Waals surface area contributed by atoms with E-state index in [0.717, 1.165) is 35.1 Å². The third kappa shape index (κ3) is 6.07. The van der Waals surface area contributed by atoms with Crippen molar-refractivity contribution in [3.63, 3.8) is 0 Å². The number of aryl methyl sites for hydroxylation is 2. The van der Waals surface area contributed by atoms with E-state index in [4.69, 9.17) is 4.74 Å². The minimum atomic E-state index is -0.770. The van der Waals surface area contributed by atoms with Crippen molar-refractivity contribution in [3.05, 3.63) is 99.9 Å². The smallest absolute Gasteiger partial charge is 0.293 e. The summed E-state index contributed by atoms with van der Waals surface area (Å²) in [6, 6.07) is 18.2. The van der Waals surface area contributed by atoms with Gasteiger partial charge in [0, 0.05) is 11.0 Å². The molecule has 0 heterocycles. The van der Waals surface area contributed by atoms with E-state index in [1.807, 2.05) is 32.1 Å². The van der Waals surface area contributed by atoms with Gasteiger partial charge in [-0.15, -0.1) is 0 Å². The molecule has 0 bridgehead atoms. The summed E-state index contributed by atoms with van der Waals surface area (Å²) in [5.74, 6) is -0.384. The number of carbonyl (C=O) groups excluding carboxylic acids is 1. The third-order valence-electron chi connectivity index (χ3n) is 8.28. The Kier molecular flexibility index (Phi) is 9.67. The molecule has 0 unspecified atom stereocenters. The monoisotopic (exact) mass is 516 g/mol. The lowest BCUT2D eigenvalue weighted by molar-refractivity contribution is -0.129. The fourth-order valence-corrected chi connectivity index (χ4v) is 5.37. The Labute approximate surface area is 227 Å². The van der Waals surface area contributed by atoms with Crippen LogP contribution in [0.1, 0.15) is 86.8 Å². The summed E-state index contributed by atoms with van der Waals surface area (Å²) in [5, 5.41) is 10.7. The molecule has 202 valence electrons. The maximum absolute atomic E-state index is 14.6. The molecule has 0 aliphatic carbocycles. The van der Waals surface area contributed by atoms with Gasteiger partial charge in [-0.25, -0.2) is 4.39 Å². The van der Waals surface area contributed by atoms with E-state index in [1.165, 1.54) is 22.8 Å². The van der Waals surface area contributed by atoms with E-state index in [-0.39, 0.29) is 17.8 Å². The highest BCUT2D eigenvalue weighted by molar-refractivity contribution is 5.69. The maximum atomic E-state index is 14.6. The van der Waals surface area contributed by atoms with Crippen molar-refractivity contribution in [3.8, 4) is 11.1 Å². The van der Waals surface area contributed by atoms with Crippen LogP contribution >= 0.6 is 0 Å². The van der Waals surface area contributed by atoms with Gasteiger partial charge >= 0.3 is 0 Å². The molecule has 4 heteroatoms. The van der Waals surface area contributed by atoms with Crippen molar-refractivity contribution in [2.45, 2.75) is 84.8 Å². The van der Waals surface area contributed by atoms with Gasteiger partial charge in [0.2, 0.25) is 0 Å². The summed E-state index contributed by atoms with van der Waals surface area (Å²) in [6.45, 7) is 12.9. The summed E-state index contributed by atoms with van der Waals surface area (Å²) in [4.78, 5) is 10.5. The quantitative estimate of drug-likeness (QED) is 0.246. The van der Waals surface area contributed by atoms with Gasteiger partial charge in [-0.1, -0.05) is 88.4 Å². The van der Waals surface area contributed by atoms with Crippen molar-refractivity contribution >= 4 is 12.5 Å². The maximum Gasteiger partial charge on any atom is 0.293 e. The molecule has 0 saturated carbocycles. The third-order valence-corrected chi connectivity index (χ3v) is 8.28. The van der Waals surface area contributed by atoms with Gasteiger partial charge in [0.05, 0.1) is 5.60 Å². The second-order valence-corrected chi connectivity index (χ2v) is 10.2. The van der Waals surface area contributed by atoms with Crippen molar-refractivity contribution in [1.29, 1.82) is 0 Å². The van der Waals surface area contributed by atoms with Gasteiger partial charge < -0.3 is 9.84 Å². The Morgan fingerprint density at radius 3 is 2.00 bits per heavy atom. The SMILES string of the molecule is CCC(O)(C=Cc1ccc(C(CC)(CC)c2ccc(-c3ccc(COC=O)c(F)c3)c(C)c2)cc1C)CC. The zero-order chi connectivity index (χ0) is 27.9. The van der Waals surface area contributed by atoms with Crippen LogP contribution in [0.2, 0.25) is 0 Å². The van der Waals surface area contributed by atoms with E-state index < -0.39 is 5.60 Å². The number of ether oxygens (including phenoxy) is 1. The molecule has 38 heavy (non-hydrogen) atoms. The number of hydrogen-bond donors (Lipinski definition) is 1. The molecule has 0 aromatic heterocycles. The van der Waals surface area contributed by atoms with Crippen molar-refractivity contribution in [2.24, 2.45) is 0 Å². The average Bonchev–Trinajstić information content (AvgIpc) is 2.93. The fraction of sp³-hybridized carbons (Fsp3) is 0.382. The lowest BCUT2D eigenvalue weighted by atomic mass is 9.69. The van der Waals surface area contributed by atoms with Crippen LogP contribution in [0.5, 0.6) is 0 Å². The molecular formula is C34H41FO3. The van der Waals surface area contributed by atoms with Crippen LogP contribution < -0.4 is 0 Å². The van der Waals surface area contributed by atoms with Crippen LogP contribution in [0.15, 0.2) is 60.7 Å². The topological polar surface area (TPSA) is 46.5 Å². The predicted molar refractivity (Wildman–Crippen MR) is 155 cm³/mol. The zero-order valence-corrected chi connectivity index (χ0v) is 23.6. The first-order chi connectivity index (χ1) is 18.2. The van der Waals surface area contributed by atoms with Crippen LogP contribution in [-0.4, -0.2) is 17.2 Å². The molecule has 3 aromatic carbocycles. The van der Waals surface area contributed by atoms with Crippen molar-refractivity contribution in [2.75, 3.05) is 0 Å². The lowest BCUT2D eigenvalue weighted by Gasteiger charge is -2.34. The van der Waals surface area contributed by atoms with E-state index in [9.17, 15) is 14.3 Å². The molecule has 1 N–H and O–H groups in total. The fourth-order valence-electron chi connectivity index (χ4n) is 5.37. The Balaban J connectivity index is 1.98. The summed E-state index contributed by atoms with van der Waals surface area (Å²) >= 11 is 0. The first-order valence-electron chi connectivity index (χ1n) is 13.6. The Hall–Kier alpha value is -3.24. The van der Waals surface area contributed by atoms with Crippen molar-refractivity contribution < 1.29 is 19.0 Å². The summed E-state index contributed by atoms with van der Waals surface area (Å²) in [5.41, 5.74) is 7.11. The van der Waals surface area contributed by atoms with E-state index in [0.29, 0.717) is 24.9 Å². The van der Waals surface area contributed by atoms with E-state index >= 15 is 0 Å². The molecule has 0 aliphatic heterocycles. The van der Waals surface area contributed by atoms with Crippen molar-refractivity contribution in [1.82, 2.24) is 0 Å². The molecule has 0 spiro atoms. The second kappa shape index (κ2) is 12.5. The largest absolute Gasteiger partial charge is 0.463 e. The molecule has 3 aromatic rings. The number of halogens is 1. The van der Waals surface area contributed by atoms with Crippen LogP contribution in [0.4, 0.5) is 4.39 Å². The zero-order valence-electron chi connectivity index (χ0n) is 23.6. The van der Waals surface area contributed by atoms with Crippen LogP contribution in [-0.2, 0) is 21.6 Å². The summed E-state index contributed by atoms with van der Waals surface area (Å²) < 4.78 is 19.3. The Morgan fingerprint density at radius 2 is 1.47 bits per heavy atom. The lowest BCUT2D eigenvalue weighted by Crippen LogP contribution is -2.26. The number of rotatable bonds is 12. The van der Waals surface area contributed by atoms with Gasteiger partial charge in [0.25, 0.3) is 6.47 Å². The van der Waals surface area contributed by atoms with Crippen LogP contribution in [0.3, 0.4) is 0 Å². The Morgan fingerprint density at radius 1 is 0.842 bits per heavy atom. The Bertz CT molecular complexity index is 1280. The number of hydrogen-bond acceptors (Lipinski definition) is 3. The highest BCUT2D eigenvalue weighted by atomic mass is 19.1. The van der Waals surface area contributed by atoms with Gasteiger partial charge in [-0.2, -0.15) is 0 Å². The first kappa shape index (κ1) is 29.3. The molecule has 0 aliphatic rings. The minimum Gasteiger partial charge on any atom is -0.463 e. The standard InChI is InChI=1S/C34H41FO3/c1-7-33(37,8-2)18-17-26-13-14-29(19-24(26)5)34(9-3,10-4)30-15-16-31(25(6)20-30)27-11-12-28(22-38-23-36)32(35)21-27/h11-21,23,37H,7-10,22H2,1-6H3. The highest BCUT2D eigenvalue weighted by Gasteiger charge is 2.31. The molecule has 0 radical (unpaired) electrons. The number of carbonyl (C=O) groups is 1. The van der Waals surface area contributed by atoms with Crippen LogP contribution in [0, 0.1) is 19.7 Å². The van der Waals surface area contributed by atoms with Gasteiger partial charge in [-0.05, 0) is 84.5 Å². The normalized spacial score (nSPS) is 12.2. The van der Waals surface area contributed by atoms with Gasteiger partial charge in [-0.3, -0.25) is 4.79 Å². The van der Waals surface area contributed by atoms with Crippen LogP contribution in [0.25, 0.3) is 17.2 Å². The summed E-state index contributed by atoms with van der Waals surface area (Å²) in [7, 11) is 0. The molecular weight excluding hydrogens is 475 g/mol. The minimum absolute atomic E-state index is 0.0743. The van der Waals surface area contributed by atoms with Gasteiger partial charge in [0.15, 0.2) is 0 Å². The second-order valence-electron chi connectivity index (χ2n) is 10.2. The number of aliphatic hydroxyl groups is 1. The highest BCUT2D eigenvalue weighted by Crippen LogP contribution is 2.41. The van der Waals surface area contributed by atoms with Gasteiger partial charge in [0.1, 0.15) is 12.4 Å². The molecule has 0 saturated heterocycles. The van der Waals surface area contributed by atoms with E-state index in [1.54, 1.807) is 6.07 Å². The molecule has 3 nitrogen and oxygen atoms in total. The summed E-state index contributed by atoms with van der Waals surface area (Å²) in [6.07, 6.45) is 7.23.